The molecule has 3 atom stereocenters. The molecule has 0 aromatic heterocycles. The molecule has 1 aromatic carbocycles. The van der Waals surface area contributed by atoms with Crippen LogP contribution in [0.1, 0.15) is 50.7 Å². The summed E-state index contributed by atoms with van der Waals surface area (Å²) in [6.45, 7) is 8.04. The highest BCUT2D eigenvalue weighted by atomic mass is 15.0. The van der Waals surface area contributed by atoms with Crippen LogP contribution >= 0.6 is 0 Å². The molecule has 1 aromatic rings. The third-order valence-corrected chi connectivity index (χ3v) is 4.41. The maximum atomic E-state index is 3.76. The number of aryl methyl sites for hydroxylation is 1. The van der Waals surface area contributed by atoms with Gasteiger partial charge in [-0.3, -0.25) is 0 Å². The Balaban J connectivity index is 1.75. The van der Waals surface area contributed by atoms with Crippen LogP contribution in [0.2, 0.25) is 0 Å². The smallest absolute Gasteiger partial charge is 0.00817 e. The summed E-state index contributed by atoms with van der Waals surface area (Å²) in [5.41, 5.74) is 2.87. The van der Waals surface area contributed by atoms with Crippen molar-refractivity contribution in [2.75, 3.05) is 6.54 Å². The van der Waals surface area contributed by atoms with E-state index in [2.05, 4.69) is 55.7 Å². The van der Waals surface area contributed by atoms with Crippen LogP contribution in [0.25, 0.3) is 0 Å². The lowest BCUT2D eigenvalue weighted by molar-refractivity contribution is 0.332. The van der Waals surface area contributed by atoms with E-state index in [1.807, 2.05) is 0 Å². The maximum Gasteiger partial charge on any atom is 0.00817 e. The van der Waals surface area contributed by atoms with Gasteiger partial charge in [0.05, 0.1) is 0 Å². The molecule has 1 fully saturated rings. The summed E-state index contributed by atoms with van der Waals surface area (Å²) in [6, 6.07) is 10.6. The normalized spacial score (nSPS) is 22.4. The molecule has 1 aliphatic heterocycles. The van der Waals surface area contributed by atoms with E-state index in [9.17, 15) is 0 Å². The van der Waals surface area contributed by atoms with E-state index in [0.717, 1.165) is 12.5 Å². The highest BCUT2D eigenvalue weighted by Crippen LogP contribution is 2.13. The standard InChI is InChI=1S/C18H30N2/c1-14-8-4-5-9-17(14)12-15(2)20-16(3)13-18-10-6-7-11-19-18/h4-5,8-9,15-16,18-20H,6-7,10-13H2,1-3H3. The Morgan fingerprint density at radius 1 is 1.20 bits per heavy atom. The molecule has 1 saturated heterocycles. The summed E-state index contributed by atoms with van der Waals surface area (Å²) in [5.74, 6) is 0. The maximum absolute atomic E-state index is 3.76. The Kier molecular flexibility index (Phi) is 6.06. The molecule has 0 saturated carbocycles. The topological polar surface area (TPSA) is 24.1 Å². The summed E-state index contributed by atoms with van der Waals surface area (Å²) in [6.07, 6.45) is 6.45. The van der Waals surface area contributed by atoms with Crippen molar-refractivity contribution < 1.29 is 0 Å². The van der Waals surface area contributed by atoms with Crippen LogP contribution in [-0.4, -0.2) is 24.7 Å². The molecular weight excluding hydrogens is 244 g/mol. The van der Waals surface area contributed by atoms with Gasteiger partial charge in [0.1, 0.15) is 0 Å². The lowest BCUT2D eigenvalue weighted by Gasteiger charge is -2.28. The molecule has 20 heavy (non-hydrogen) atoms. The molecular formula is C18H30N2. The van der Waals surface area contributed by atoms with E-state index in [4.69, 9.17) is 0 Å². The number of hydrogen-bond acceptors (Lipinski definition) is 2. The zero-order valence-corrected chi connectivity index (χ0v) is 13.3. The Labute approximate surface area is 124 Å². The van der Waals surface area contributed by atoms with E-state index in [0.29, 0.717) is 12.1 Å². The van der Waals surface area contributed by atoms with Gasteiger partial charge in [0.15, 0.2) is 0 Å². The fourth-order valence-corrected chi connectivity index (χ4v) is 3.33. The van der Waals surface area contributed by atoms with Crippen molar-refractivity contribution in [3.05, 3.63) is 35.4 Å². The Hall–Kier alpha value is -0.860. The minimum Gasteiger partial charge on any atom is -0.314 e. The number of hydrogen-bond donors (Lipinski definition) is 2. The highest BCUT2D eigenvalue weighted by Gasteiger charge is 2.17. The van der Waals surface area contributed by atoms with Gasteiger partial charge in [-0.1, -0.05) is 30.7 Å². The van der Waals surface area contributed by atoms with Gasteiger partial charge in [-0.2, -0.15) is 0 Å². The first kappa shape index (κ1) is 15.5. The van der Waals surface area contributed by atoms with Gasteiger partial charge in [0.2, 0.25) is 0 Å². The molecule has 2 nitrogen and oxygen atoms in total. The van der Waals surface area contributed by atoms with Crippen LogP contribution in [0, 0.1) is 6.92 Å². The van der Waals surface area contributed by atoms with Crippen molar-refractivity contribution in [1.29, 1.82) is 0 Å². The second kappa shape index (κ2) is 7.80. The van der Waals surface area contributed by atoms with Crippen LogP contribution in [-0.2, 0) is 6.42 Å². The number of benzene rings is 1. The predicted molar refractivity (Wildman–Crippen MR) is 87.2 cm³/mol. The molecule has 2 N–H and O–H groups in total. The van der Waals surface area contributed by atoms with Gasteiger partial charge >= 0.3 is 0 Å². The molecule has 0 aliphatic carbocycles. The molecule has 0 spiro atoms. The summed E-state index contributed by atoms with van der Waals surface area (Å²) in [4.78, 5) is 0. The van der Waals surface area contributed by atoms with Crippen molar-refractivity contribution in [3.63, 3.8) is 0 Å². The lowest BCUT2D eigenvalue weighted by Crippen LogP contribution is -2.43. The Morgan fingerprint density at radius 2 is 2.00 bits per heavy atom. The minimum atomic E-state index is 0.537. The van der Waals surface area contributed by atoms with Crippen molar-refractivity contribution in [2.45, 2.75) is 71.0 Å². The van der Waals surface area contributed by atoms with Crippen LogP contribution in [0.5, 0.6) is 0 Å². The second-order valence-electron chi connectivity index (χ2n) is 6.48. The van der Waals surface area contributed by atoms with E-state index < -0.39 is 0 Å². The monoisotopic (exact) mass is 274 g/mol. The highest BCUT2D eigenvalue weighted by molar-refractivity contribution is 5.26. The SMILES string of the molecule is Cc1ccccc1CC(C)NC(C)CC1CCCCN1. The third-order valence-electron chi connectivity index (χ3n) is 4.41. The predicted octanol–water partition coefficient (Wildman–Crippen LogP) is 3.44. The fraction of sp³-hybridized carbons (Fsp3) is 0.667. The first-order valence-corrected chi connectivity index (χ1v) is 8.19. The van der Waals surface area contributed by atoms with Gasteiger partial charge in [-0.05, 0) is 64.1 Å². The van der Waals surface area contributed by atoms with Gasteiger partial charge in [0.25, 0.3) is 0 Å². The summed E-state index contributed by atoms with van der Waals surface area (Å²) in [5, 5.41) is 7.40. The van der Waals surface area contributed by atoms with Crippen molar-refractivity contribution >= 4 is 0 Å². The zero-order valence-electron chi connectivity index (χ0n) is 13.3. The van der Waals surface area contributed by atoms with Gasteiger partial charge in [-0.15, -0.1) is 0 Å². The first-order chi connectivity index (χ1) is 9.65. The van der Waals surface area contributed by atoms with Gasteiger partial charge < -0.3 is 10.6 Å². The largest absolute Gasteiger partial charge is 0.314 e. The average molecular weight is 274 g/mol. The average Bonchev–Trinajstić information content (AvgIpc) is 2.42. The molecule has 2 rings (SSSR count). The summed E-state index contributed by atoms with van der Waals surface area (Å²) in [7, 11) is 0. The zero-order chi connectivity index (χ0) is 14.4. The molecule has 1 aliphatic rings. The van der Waals surface area contributed by atoms with E-state index in [-0.39, 0.29) is 0 Å². The van der Waals surface area contributed by atoms with Crippen LogP contribution in [0.15, 0.2) is 24.3 Å². The van der Waals surface area contributed by atoms with Crippen molar-refractivity contribution in [3.8, 4) is 0 Å². The molecule has 3 unspecified atom stereocenters. The quantitative estimate of drug-likeness (QED) is 0.830. The summed E-state index contributed by atoms with van der Waals surface area (Å²) >= 11 is 0. The molecule has 1 heterocycles. The minimum absolute atomic E-state index is 0.537. The van der Waals surface area contributed by atoms with Crippen molar-refractivity contribution in [1.82, 2.24) is 10.6 Å². The van der Waals surface area contributed by atoms with Crippen LogP contribution in [0.3, 0.4) is 0 Å². The number of rotatable bonds is 6. The van der Waals surface area contributed by atoms with E-state index in [1.165, 1.54) is 43.4 Å². The third kappa shape index (κ3) is 4.92. The lowest BCUT2D eigenvalue weighted by atomic mass is 9.97. The number of piperidine rings is 1. The molecule has 0 bridgehead atoms. The fourth-order valence-electron chi connectivity index (χ4n) is 3.33. The van der Waals surface area contributed by atoms with E-state index >= 15 is 0 Å². The van der Waals surface area contributed by atoms with Gasteiger partial charge in [-0.25, -0.2) is 0 Å². The summed E-state index contributed by atoms with van der Waals surface area (Å²) < 4.78 is 0. The first-order valence-electron chi connectivity index (χ1n) is 8.19. The Bertz CT molecular complexity index is 396. The Morgan fingerprint density at radius 3 is 2.70 bits per heavy atom. The molecule has 2 heteroatoms. The van der Waals surface area contributed by atoms with Crippen LogP contribution < -0.4 is 10.6 Å². The van der Waals surface area contributed by atoms with Gasteiger partial charge in [0, 0.05) is 18.1 Å². The molecule has 0 amide bonds. The number of nitrogens with one attached hydrogen (secondary N) is 2. The molecule has 112 valence electrons. The van der Waals surface area contributed by atoms with E-state index in [1.54, 1.807) is 0 Å². The van der Waals surface area contributed by atoms with Crippen LogP contribution in [0.4, 0.5) is 0 Å². The second-order valence-corrected chi connectivity index (χ2v) is 6.48. The molecule has 0 radical (unpaired) electrons. The van der Waals surface area contributed by atoms with Crippen molar-refractivity contribution in [2.24, 2.45) is 0 Å².